The summed E-state index contributed by atoms with van der Waals surface area (Å²) in [6, 6.07) is 9.37. The third-order valence-electron chi connectivity index (χ3n) is 3.04. The zero-order chi connectivity index (χ0) is 13.8. The molecule has 1 aromatic carbocycles. The second-order valence-corrected chi connectivity index (χ2v) is 4.93. The maximum absolute atomic E-state index is 11.1. The maximum atomic E-state index is 11.1. The van der Waals surface area contributed by atoms with Gasteiger partial charge in [0.15, 0.2) is 0 Å². The molecule has 0 fully saturated rings. The molecule has 0 unspecified atom stereocenters. The largest absolute Gasteiger partial charge is 0.477 e. The van der Waals surface area contributed by atoms with Crippen molar-refractivity contribution in [2.24, 2.45) is 0 Å². The Morgan fingerprint density at radius 1 is 1.32 bits per heavy atom. The summed E-state index contributed by atoms with van der Waals surface area (Å²) in [5.41, 5.74) is 2.25. The second-order valence-electron chi connectivity index (χ2n) is 4.49. The summed E-state index contributed by atoms with van der Waals surface area (Å²) in [6.07, 6.45) is 4.99. The lowest BCUT2D eigenvalue weighted by molar-refractivity contribution is 0.0688. The molecule has 0 aliphatic carbocycles. The third-order valence-corrected chi connectivity index (χ3v) is 3.25. The van der Waals surface area contributed by atoms with Gasteiger partial charge in [0.25, 0.3) is 0 Å². The number of halogens is 1. The second kappa shape index (κ2) is 5.93. The highest BCUT2D eigenvalue weighted by atomic mass is 35.5. The SMILES string of the molecule is CCCCc1ccc(-n2cc(Cl)cc2C(=O)O)cc1. The molecule has 0 bridgehead atoms. The monoisotopic (exact) mass is 277 g/mol. The van der Waals surface area contributed by atoms with Crippen LogP contribution in [0.15, 0.2) is 36.5 Å². The van der Waals surface area contributed by atoms with E-state index in [0.29, 0.717) is 5.02 Å². The first-order chi connectivity index (χ1) is 9.11. The molecule has 0 radical (unpaired) electrons. The van der Waals surface area contributed by atoms with E-state index in [2.05, 4.69) is 6.92 Å². The van der Waals surface area contributed by atoms with E-state index in [0.717, 1.165) is 24.9 Å². The molecule has 0 saturated carbocycles. The van der Waals surface area contributed by atoms with Crippen molar-refractivity contribution < 1.29 is 9.90 Å². The van der Waals surface area contributed by atoms with Crippen molar-refractivity contribution in [3.05, 3.63) is 52.8 Å². The van der Waals surface area contributed by atoms with Crippen LogP contribution in [-0.4, -0.2) is 15.6 Å². The minimum atomic E-state index is -0.984. The predicted molar refractivity (Wildman–Crippen MR) is 76.4 cm³/mol. The van der Waals surface area contributed by atoms with Gasteiger partial charge < -0.3 is 9.67 Å². The van der Waals surface area contributed by atoms with Crippen LogP contribution >= 0.6 is 11.6 Å². The molecule has 0 atom stereocenters. The van der Waals surface area contributed by atoms with E-state index < -0.39 is 5.97 Å². The molecule has 0 aliphatic heterocycles. The highest BCUT2D eigenvalue weighted by Crippen LogP contribution is 2.20. The molecule has 2 rings (SSSR count). The van der Waals surface area contributed by atoms with Gasteiger partial charge in [-0.1, -0.05) is 37.1 Å². The number of carboxylic acids is 1. The van der Waals surface area contributed by atoms with Crippen LogP contribution in [0.1, 0.15) is 35.8 Å². The van der Waals surface area contributed by atoms with Gasteiger partial charge in [0.2, 0.25) is 0 Å². The lowest BCUT2D eigenvalue weighted by Gasteiger charge is -2.07. The molecule has 0 amide bonds. The van der Waals surface area contributed by atoms with Crippen LogP contribution in [0.25, 0.3) is 5.69 Å². The number of aryl methyl sites for hydroxylation is 1. The fraction of sp³-hybridized carbons (Fsp3) is 0.267. The minimum absolute atomic E-state index is 0.173. The number of rotatable bonds is 5. The lowest BCUT2D eigenvalue weighted by atomic mass is 10.1. The van der Waals surface area contributed by atoms with Crippen molar-refractivity contribution >= 4 is 17.6 Å². The molecule has 1 heterocycles. The first-order valence-electron chi connectivity index (χ1n) is 6.32. The zero-order valence-electron chi connectivity index (χ0n) is 10.8. The van der Waals surface area contributed by atoms with Crippen molar-refractivity contribution in [2.75, 3.05) is 0 Å². The van der Waals surface area contributed by atoms with Crippen molar-refractivity contribution in [2.45, 2.75) is 26.2 Å². The Bertz CT molecular complexity index is 572. The van der Waals surface area contributed by atoms with Crippen LogP contribution in [0.5, 0.6) is 0 Å². The third kappa shape index (κ3) is 3.18. The Balaban J connectivity index is 2.29. The van der Waals surface area contributed by atoms with E-state index in [1.807, 2.05) is 24.3 Å². The molecule has 0 saturated heterocycles. The average Bonchev–Trinajstić information content (AvgIpc) is 2.79. The van der Waals surface area contributed by atoms with Crippen LogP contribution in [0.2, 0.25) is 5.02 Å². The number of carboxylic acid groups (broad SMARTS) is 1. The summed E-state index contributed by atoms with van der Waals surface area (Å²) >= 11 is 5.88. The van der Waals surface area contributed by atoms with Crippen molar-refractivity contribution in [3.8, 4) is 5.69 Å². The molecule has 100 valence electrons. The van der Waals surface area contributed by atoms with Gasteiger partial charge in [0, 0.05) is 11.9 Å². The Labute approximate surface area is 117 Å². The van der Waals surface area contributed by atoms with Crippen LogP contribution in [0, 0.1) is 0 Å². The predicted octanol–water partition coefficient (Wildman–Crippen LogP) is 4.17. The smallest absolute Gasteiger partial charge is 0.352 e. The Kier molecular flexibility index (Phi) is 4.27. The number of hydrogen-bond donors (Lipinski definition) is 1. The van der Waals surface area contributed by atoms with Gasteiger partial charge in [-0.2, -0.15) is 0 Å². The fourth-order valence-electron chi connectivity index (χ4n) is 2.01. The summed E-state index contributed by atoms with van der Waals surface area (Å²) in [5.74, 6) is -0.984. The van der Waals surface area contributed by atoms with E-state index in [1.165, 1.54) is 11.6 Å². The molecule has 0 aliphatic rings. The molecule has 1 aromatic heterocycles. The Hall–Kier alpha value is -1.74. The molecule has 2 aromatic rings. The van der Waals surface area contributed by atoms with Gasteiger partial charge >= 0.3 is 5.97 Å². The van der Waals surface area contributed by atoms with E-state index >= 15 is 0 Å². The summed E-state index contributed by atoms with van der Waals surface area (Å²) < 4.78 is 1.59. The van der Waals surface area contributed by atoms with Gasteiger partial charge in [0.05, 0.1) is 5.02 Å². The molecular formula is C15H16ClNO2. The van der Waals surface area contributed by atoms with Gasteiger partial charge in [0.1, 0.15) is 5.69 Å². The van der Waals surface area contributed by atoms with Crippen LogP contribution < -0.4 is 0 Å². The Morgan fingerprint density at radius 3 is 2.58 bits per heavy atom. The summed E-state index contributed by atoms with van der Waals surface area (Å²) in [7, 11) is 0. The van der Waals surface area contributed by atoms with Gasteiger partial charge in [-0.3, -0.25) is 0 Å². The number of aromatic carboxylic acids is 1. The normalized spacial score (nSPS) is 10.6. The number of hydrogen-bond acceptors (Lipinski definition) is 1. The number of carbonyl (C=O) groups is 1. The first kappa shape index (κ1) is 13.7. The van der Waals surface area contributed by atoms with Crippen molar-refractivity contribution in [3.63, 3.8) is 0 Å². The lowest BCUT2D eigenvalue weighted by Crippen LogP contribution is -2.05. The maximum Gasteiger partial charge on any atom is 0.352 e. The standard InChI is InChI=1S/C15H16ClNO2/c1-2-3-4-11-5-7-13(8-6-11)17-10-12(16)9-14(17)15(18)19/h5-10H,2-4H2,1H3,(H,18,19). The van der Waals surface area contributed by atoms with E-state index in [-0.39, 0.29) is 5.69 Å². The van der Waals surface area contributed by atoms with E-state index in [9.17, 15) is 4.79 Å². The number of benzene rings is 1. The highest BCUT2D eigenvalue weighted by molar-refractivity contribution is 6.31. The summed E-state index contributed by atoms with van der Waals surface area (Å²) in [4.78, 5) is 11.1. The van der Waals surface area contributed by atoms with E-state index in [1.54, 1.807) is 10.8 Å². The van der Waals surface area contributed by atoms with Gasteiger partial charge in [-0.15, -0.1) is 0 Å². The van der Waals surface area contributed by atoms with Crippen molar-refractivity contribution in [1.29, 1.82) is 0 Å². The molecule has 4 heteroatoms. The van der Waals surface area contributed by atoms with Crippen LogP contribution in [0.4, 0.5) is 0 Å². The van der Waals surface area contributed by atoms with Gasteiger partial charge in [-0.25, -0.2) is 4.79 Å². The first-order valence-corrected chi connectivity index (χ1v) is 6.70. The number of nitrogens with zero attached hydrogens (tertiary/aromatic N) is 1. The summed E-state index contributed by atoms with van der Waals surface area (Å²) in [5, 5.41) is 9.56. The molecule has 19 heavy (non-hydrogen) atoms. The molecule has 1 N–H and O–H groups in total. The van der Waals surface area contributed by atoms with E-state index in [4.69, 9.17) is 16.7 Å². The zero-order valence-corrected chi connectivity index (χ0v) is 11.5. The Morgan fingerprint density at radius 2 is 2.00 bits per heavy atom. The molecule has 3 nitrogen and oxygen atoms in total. The number of aromatic nitrogens is 1. The topological polar surface area (TPSA) is 42.2 Å². The highest BCUT2D eigenvalue weighted by Gasteiger charge is 2.12. The fourth-order valence-corrected chi connectivity index (χ4v) is 2.21. The summed E-state index contributed by atoms with van der Waals surface area (Å²) in [6.45, 7) is 2.16. The quantitative estimate of drug-likeness (QED) is 0.891. The van der Waals surface area contributed by atoms with Crippen molar-refractivity contribution in [1.82, 2.24) is 4.57 Å². The molecule has 0 spiro atoms. The minimum Gasteiger partial charge on any atom is -0.477 e. The average molecular weight is 278 g/mol. The molecular weight excluding hydrogens is 262 g/mol. The number of unbranched alkanes of at least 4 members (excludes halogenated alkanes) is 1. The van der Waals surface area contributed by atoms with Gasteiger partial charge in [-0.05, 0) is 36.6 Å². The van der Waals surface area contributed by atoms with Crippen LogP contribution in [0.3, 0.4) is 0 Å². The van der Waals surface area contributed by atoms with Crippen LogP contribution in [-0.2, 0) is 6.42 Å².